The fourth-order valence-electron chi connectivity index (χ4n) is 1.59. The van der Waals surface area contributed by atoms with E-state index < -0.39 is 0 Å². The molecule has 0 saturated carbocycles. The van der Waals surface area contributed by atoms with Gasteiger partial charge in [-0.3, -0.25) is 4.98 Å². The van der Waals surface area contributed by atoms with Crippen LogP contribution < -0.4 is 11.1 Å². The molecule has 5 nitrogen and oxygen atoms in total. The van der Waals surface area contributed by atoms with Crippen molar-refractivity contribution in [3.8, 4) is 0 Å². The molecule has 0 aliphatic carbocycles. The number of nitrogens with one attached hydrogen (secondary N) is 2. The predicted octanol–water partition coefficient (Wildman–Crippen LogP) is 0.786. The summed E-state index contributed by atoms with van der Waals surface area (Å²) in [6.45, 7) is 2.50. The molecule has 0 unspecified atom stereocenters. The van der Waals surface area contributed by atoms with Crippen LogP contribution >= 0.6 is 0 Å². The van der Waals surface area contributed by atoms with Crippen molar-refractivity contribution in [1.29, 1.82) is 0 Å². The third kappa shape index (κ3) is 2.77. The number of hydrogen-bond acceptors (Lipinski definition) is 4. The van der Waals surface area contributed by atoms with E-state index in [9.17, 15) is 0 Å². The summed E-state index contributed by atoms with van der Waals surface area (Å²) in [5, 5.41) is 3.33. The summed E-state index contributed by atoms with van der Waals surface area (Å²) in [5.74, 6) is 0.954. The Kier molecular flexibility index (Phi) is 3.85. The number of aromatic amines is 1. The molecule has 0 amide bonds. The molecule has 0 saturated heterocycles. The number of aromatic nitrogens is 3. The number of pyridine rings is 1. The monoisotopic (exact) mass is 219 g/mol. The maximum Gasteiger partial charge on any atom is 0.121 e. The molecule has 2 heterocycles. The molecular formula is C11H17N5. The number of nitrogens with zero attached hydrogens (tertiary/aromatic N) is 2. The van der Waals surface area contributed by atoms with Gasteiger partial charge >= 0.3 is 0 Å². The molecule has 2 aromatic heterocycles. The van der Waals surface area contributed by atoms with E-state index in [2.05, 4.69) is 20.3 Å². The van der Waals surface area contributed by atoms with Crippen LogP contribution in [-0.4, -0.2) is 28.0 Å². The first-order valence-electron chi connectivity index (χ1n) is 5.59. The second-order valence-electron chi connectivity index (χ2n) is 3.75. The highest BCUT2D eigenvalue weighted by atomic mass is 15.0. The van der Waals surface area contributed by atoms with Gasteiger partial charge in [-0.15, -0.1) is 0 Å². The summed E-state index contributed by atoms with van der Waals surface area (Å²) in [5.41, 5.74) is 7.37. The van der Waals surface area contributed by atoms with E-state index in [1.165, 1.54) is 0 Å². The van der Waals surface area contributed by atoms with E-state index >= 15 is 0 Å². The van der Waals surface area contributed by atoms with Gasteiger partial charge in [0.25, 0.3) is 0 Å². The Hall–Kier alpha value is -1.46. The van der Waals surface area contributed by atoms with Gasteiger partial charge in [0.05, 0.1) is 18.3 Å². The van der Waals surface area contributed by atoms with Crippen molar-refractivity contribution < 1.29 is 0 Å². The van der Waals surface area contributed by atoms with Gasteiger partial charge in [0, 0.05) is 6.20 Å². The second-order valence-corrected chi connectivity index (χ2v) is 3.75. The van der Waals surface area contributed by atoms with Gasteiger partial charge < -0.3 is 16.0 Å². The lowest BCUT2D eigenvalue weighted by atomic mass is 10.3. The van der Waals surface area contributed by atoms with Crippen LogP contribution in [0.5, 0.6) is 0 Å². The quantitative estimate of drug-likeness (QED) is 0.627. The minimum Gasteiger partial charge on any atom is -0.341 e. The molecular weight excluding hydrogens is 202 g/mol. The number of H-pyrrole nitrogens is 1. The molecule has 2 rings (SSSR count). The first-order chi connectivity index (χ1) is 7.90. The lowest BCUT2D eigenvalue weighted by Crippen LogP contribution is -2.16. The molecule has 0 bridgehead atoms. The van der Waals surface area contributed by atoms with Crippen molar-refractivity contribution in [3.05, 3.63) is 24.3 Å². The Balaban J connectivity index is 1.85. The van der Waals surface area contributed by atoms with Gasteiger partial charge in [0.15, 0.2) is 0 Å². The third-order valence-electron chi connectivity index (χ3n) is 2.43. The van der Waals surface area contributed by atoms with E-state index in [1.54, 1.807) is 12.4 Å². The summed E-state index contributed by atoms with van der Waals surface area (Å²) >= 11 is 0. The highest BCUT2D eigenvalue weighted by Gasteiger charge is 2.00. The summed E-state index contributed by atoms with van der Waals surface area (Å²) in [7, 11) is 0. The van der Waals surface area contributed by atoms with Gasteiger partial charge in [0.1, 0.15) is 11.3 Å². The summed E-state index contributed by atoms with van der Waals surface area (Å²) in [4.78, 5) is 11.7. The van der Waals surface area contributed by atoms with Crippen LogP contribution in [0, 0.1) is 0 Å². The van der Waals surface area contributed by atoms with Gasteiger partial charge in [-0.05, 0) is 32.0 Å². The molecule has 0 atom stereocenters. The summed E-state index contributed by atoms with van der Waals surface area (Å²) < 4.78 is 0. The molecule has 0 radical (unpaired) electrons. The van der Waals surface area contributed by atoms with Crippen LogP contribution in [0.3, 0.4) is 0 Å². The highest BCUT2D eigenvalue weighted by molar-refractivity contribution is 5.73. The van der Waals surface area contributed by atoms with E-state index in [4.69, 9.17) is 5.73 Å². The van der Waals surface area contributed by atoms with Crippen molar-refractivity contribution in [2.75, 3.05) is 13.1 Å². The topological polar surface area (TPSA) is 79.6 Å². The predicted molar refractivity (Wildman–Crippen MR) is 63.9 cm³/mol. The van der Waals surface area contributed by atoms with Gasteiger partial charge in [-0.1, -0.05) is 0 Å². The van der Waals surface area contributed by atoms with Crippen molar-refractivity contribution in [1.82, 2.24) is 20.3 Å². The normalized spacial score (nSPS) is 11.1. The van der Waals surface area contributed by atoms with Crippen molar-refractivity contribution in [3.63, 3.8) is 0 Å². The third-order valence-corrected chi connectivity index (χ3v) is 2.43. The van der Waals surface area contributed by atoms with Gasteiger partial charge in [-0.25, -0.2) is 4.98 Å². The first kappa shape index (κ1) is 11.0. The number of rotatable bonds is 6. The van der Waals surface area contributed by atoms with Gasteiger partial charge in [0.2, 0.25) is 0 Å². The molecule has 2 aromatic rings. The maximum absolute atomic E-state index is 5.42. The Morgan fingerprint density at radius 3 is 3.12 bits per heavy atom. The van der Waals surface area contributed by atoms with E-state index in [1.807, 2.05) is 6.07 Å². The molecule has 0 aromatic carbocycles. The standard InChI is InChI=1S/C11H17N5/c12-4-1-2-5-13-8-11-15-9-3-6-14-7-10(9)16-11/h3,6-7,13H,1-2,4-5,8,12H2,(H,15,16). The SMILES string of the molecule is NCCCCNCc1nc2cnccc2[nH]1. The number of imidazole rings is 1. The molecule has 0 aliphatic rings. The average molecular weight is 219 g/mol. The number of nitrogens with two attached hydrogens (primary N) is 1. The zero-order valence-electron chi connectivity index (χ0n) is 9.24. The van der Waals surface area contributed by atoms with Crippen molar-refractivity contribution in [2.24, 2.45) is 5.73 Å². The van der Waals surface area contributed by atoms with Crippen LogP contribution in [0.4, 0.5) is 0 Å². The minimum atomic E-state index is 0.762. The van der Waals surface area contributed by atoms with Crippen LogP contribution in [-0.2, 0) is 6.54 Å². The van der Waals surface area contributed by atoms with Crippen LogP contribution in [0.1, 0.15) is 18.7 Å². The Morgan fingerprint density at radius 2 is 2.31 bits per heavy atom. The number of fused-ring (bicyclic) bond motifs is 1. The zero-order valence-corrected chi connectivity index (χ0v) is 9.24. The second kappa shape index (κ2) is 5.58. The van der Waals surface area contributed by atoms with Crippen molar-refractivity contribution >= 4 is 11.0 Å². The largest absolute Gasteiger partial charge is 0.341 e. The molecule has 86 valence electrons. The average Bonchev–Trinajstić information content (AvgIpc) is 2.71. The lowest BCUT2D eigenvalue weighted by molar-refractivity contribution is 0.615. The summed E-state index contributed by atoms with van der Waals surface area (Å²) in [6, 6.07) is 1.93. The lowest BCUT2D eigenvalue weighted by Gasteiger charge is -2.00. The summed E-state index contributed by atoms with van der Waals surface area (Å²) in [6.07, 6.45) is 5.71. The molecule has 0 fully saturated rings. The first-order valence-corrected chi connectivity index (χ1v) is 5.59. The Morgan fingerprint density at radius 1 is 1.38 bits per heavy atom. The Labute approximate surface area is 94.5 Å². The highest BCUT2D eigenvalue weighted by Crippen LogP contribution is 2.08. The molecule has 0 spiro atoms. The van der Waals surface area contributed by atoms with Gasteiger partial charge in [-0.2, -0.15) is 0 Å². The maximum atomic E-state index is 5.42. The molecule has 5 heteroatoms. The van der Waals surface area contributed by atoms with E-state index in [0.29, 0.717) is 0 Å². The number of hydrogen-bond donors (Lipinski definition) is 3. The Bertz CT molecular complexity index is 404. The smallest absolute Gasteiger partial charge is 0.121 e. The van der Waals surface area contributed by atoms with E-state index in [0.717, 1.165) is 49.3 Å². The fraction of sp³-hybridized carbons (Fsp3) is 0.455. The van der Waals surface area contributed by atoms with Crippen molar-refractivity contribution in [2.45, 2.75) is 19.4 Å². The van der Waals surface area contributed by atoms with E-state index in [-0.39, 0.29) is 0 Å². The molecule has 16 heavy (non-hydrogen) atoms. The number of unbranched alkanes of at least 4 members (excludes halogenated alkanes) is 1. The van der Waals surface area contributed by atoms with Crippen LogP contribution in [0.15, 0.2) is 18.5 Å². The minimum absolute atomic E-state index is 0.762. The fourth-order valence-corrected chi connectivity index (χ4v) is 1.59. The zero-order chi connectivity index (χ0) is 11.2. The molecule has 0 aliphatic heterocycles. The van der Waals surface area contributed by atoms with Crippen LogP contribution in [0.2, 0.25) is 0 Å². The molecule has 4 N–H and O–H groups in total. The van der Waals surface area contributed by atoms with Crippen LogP contribution in [0.25, 0.3) is 11.0 Å².